The summed E-state index contributed by atoms with van der Waals surface area (Å²) in [7, 11) is 0. The van der Waals surface area contributed by atoms with E-state index in [2.05, 4.69) is 20.8 Å². The van der Waals surface area contributed by atoms with Crippen LogP contribution in [0.3, 0.4) is 0 Å². The second-order valence-corrected chi connectivity index (χ2v) is 3.80. The summed E-state index contributed by atoms with van der Waals surface area (Å²) < 4.78 is 0. The maximum atomic E-state index is 11.5. The van der Waals surface area contributed by atoms with Crippen LogP contribution in [0.2, 0.25) is 0 Å². The van der Waals surface area contributed by atoms with E-state index in [4.69, 9.17) is 5.11 Å². The van der Waals surface area contributed by atoms with Gasteiger partial charge < -0.3 is 15.7 Å². The van der Waals surface area contributed by atoms with Crippen LogP contribution >= 0.6 is 0 Å². The maximum Gasteiger partial charge on any atom is 0.335 e. The first-order chi connectivity index (χ1) is 9.15. The molecule has 7 heteroatoms. The van der Waals surface area contributed by atoms with Crippen molar-refractivity contribution in [1.29, 1.82) is 0 Å². The molecule has 0 atom stereocenters. The van der Waals surface area contributed by atoms with E-state index in [1.165, 1.54) is 18.3 Å². The van der Waals surface area contributed by atoms with Crippen molar-refractivity contribution in [3.63, 3.8) is 0 Å². The molecule has 1 aromatic heterocycles. The third kappa shape index (κ3) is 3.56. The average Bonchev–Trinajstić information content (AvgIpc) is 2.89. The lowest BCUT2D eigenvalue weighted by Gasteiger charge is -2.06. The predicted octanol–water partition coefficient (Wildman–Crippen LogP) is 1.43. The van der Waals surface area contributed by atoms with Gasteiger partial charge in [0.15, 0.2) is 0 Å². The van der Waals surface area contributed by atoms with E-state index in [-0.39, 0.29) is 11.6 Å². The highest BCUT2D eigenvalue weighted by Gasteiger charge is 2.04. The quantitative estimate of drug-likeness (QED) is 0.667. The molecule has 4 N–H and O–H groups in total. The molecule has 2 aromatic rings. The van der Waals surface area contributed by atoms with E-state index in [0.29, 0.717) is 12.2 Å². The number of amides is 2. The van der Waals surface area contributed by atoms with Gasteiger partial charge >= 0.3 is 12.0 Å². The Hall–Kier alpha value is -2.83. The first-order valence-corrected chi connectivity index (χ1v) is 5.51. The number of aromatic amines is 1. The normalized spacial score (nSPS) is 9.89. The van der Waals surface area contributed by atoms with Crippen LogP contribution in [0.5, 0.6) is 0 Å². The molecule has 2 rings (SSSR count). The molecule has 0 spiro atoms. The lowest BCUT2D eigenvalue weighted by atomic mass is 10.1. The van der Waals surface area contributed by atoms with Crippen molar-refractivity contribution in [3.8, 4) is 0 Å². The average molecular weight is 260 g/mol. The lowest BCUT2D eigenvalue weighted by molar-refractivity contribution is 0.0697. The molecule has 0 radical (unpaired) electrons. The van der Waals surface area contributed by atoms with Gasteiger partial charge in [-0.2, -0.15) is 5.10 Å². The summed E-state index contributed by atoms with van der Waals surface area (Å²) in [4.78, 5) is 22.2. The molecule has 7 nitrogen and oxygen atoms in total. The molecule has 0 aliphatic heterocycles. The van der Waals surface area contributed by atoms with E-state index >= 15 is 0 Å². The van der Waals surface area contributed by atoms with Crippen molar-refractivity contribution in [2.24, 2.45) is 0 Å². The number of carbonyl (C=O) groups excluding carboxylic acids is 1. The fourth-order valence-corrected chi connectivity index (χ4v) is 1.44. The van der Waals surface area contributed by atoms with Crippen LogP contribution in [-0.2, 0) is 6.54 Å². The van der Waals surface area contributed by atoms with E-state index in [9.17, 15) is 9.59 Å². The predicted molar refractivity (Wildman–Crippen MR) is 67.8 cm³/mol. The number of hydrogen-bond donors (Lipinski definition) is 4. The summed E-state index contributed by atoms with van der Waals surface area (Å²) in [5.41, 5.74) is 1.60. The molecule has 2 amide bonds. The Bertz CT molecular complexity index is 563. The molecule has 0 aliphatic carbocycles. The summed E-state index contributed by atoms with van der Waals surface area (Å²) in [5, 5.41) is 20.3. The largest absolute Gasteiger partial charge is 0.478 e. The maximum absolute atomic E-state index is 11.5. The van der Waals surface area contributed by atoms with Gasteiger partial charge in [-0.15, -0.1) is 0 Å². The summed E-state index contributed by atoms with van der Waals surface area (Å²) in [5.74, 6) is -0.975. The van der Waals surface area contributed by atoms with Crippen molar-refractivity contribution in [2.45, 2.75) is 6.54 Å². The minimum atomic E-state index is -0.975. The molecule has 0 bridgehead atoms. The number of benzene rings is 1. The van der Waals surface area contributed by atoms with E-state index < -0.39 is 5.97 Å². The summed E-state index contributed by atoms with van der Waals surface area (Å²) in [6.07, 6.45) is 3.04. The molecular weight excluding hydrogens is 248 g/mol. The van der Waals surface area contributed by atoms with Gasteiger partial charge in [0, 0.05) is 12.7 Å². The van der Waals surface area contributed by atoms with Gasteiger partial charge in [0.2, 0.25) is 0 Å². The molecule has 19 heavy (non-hydrogen) atoms. The van der Waals surface area contributed by atoms with Gasteiger partial charge in [0.1, 0.15) is 0 Å². The van der Waals surface area contributed by atoms with Crippen LogP contribution in [-0.4, -0.2) is 27.3 Å². The number of carboxylic acid groups (broad SMARTS) is 1. The molecule has 0 fully saturated rings. The number of nitrogens with one attached hydrogen (secondary N) is 3. The number of anilines is 1. The fraction of sp³-hybridized carbons (Fsp3) is 0.0833. The Labute approximate surface area is 108 Å². The van der Waals surface area contributed by atoms with Crippen LogP contribution < -0.4 is 10.6 Å². The number of nitrogens with zero attached hydrogens (tertiary/aromatic N) is 1. The summed E-state index contributed by atoms with van der Waals surface area (Å²) in [6, 6.07) is 5.94. The minimum Gasteiger partial charge on any atom is -0.478 e. The third-order valence-electron chi connectivity index (χ3n) is 2.41. The fourth-order valence-electron chi connectivity index (χ4n) is 1.44. The molecule has 0 unspecified atom stereocenters. The second kappa shape index (κ2) is 5.67. The molecule has 98 valence electrons. The van der Waals surface area contributed by atoms with Gasteiger partial charge in [-0.1, -0.05) is 12.1 Å². The number of carbonyl (C=O) groups is 2. The molecule has 1 aromatic carbocycles. The zero-order chi connectivity index (χ0) is 13.7. The number of urea groups is 1. The highest BCUT2D eigenvalue weighted by atomic mass is 16.4. The third-order valence-corrected chi connectivity index (χ3v) is 2.41. The number of H-pyrrole nitrogens is 1. The molecule has 0 saturated carbocycles. The highest BCUT2D eigenvalue weighted by molar-refractivity contribution is 5.89. The van der Waals surface area contributed by atoms with Gasteiger partial charge in [0.25, 0.3) is 0 Å². The van der Waals surface area contributed by atoms with Crippen molar-refractivity contribution in [2.75, 3.05) is 5.32 Å². The molecule has 0 aliphatic rings. The van der Waals surface area contributed by atoms with Crippen LogP contribution in [0, 0.1) is 0 Å². The second-order valence-electron chi connectivity index (χ2n) is 3.80. The zero-order valence-corrected chi connectivity index (χ0v) is 9.88. The topological polar surface area (TPSA) is 107 Å². The molecule has 0 saturated heterocycles. The van der Waals surface area contributed by atoms with Crippen molar-refractivity contribution < 1.29 is 14.7 Å². The van der Waals surface area contributed by atoms with Crippen LogP contribution in [0.15, 0.2) is 36.7 Å². The minimum absolute atomic E-state index is 0.214. The zero-order valence-electron chi connectivity index (χ0n) is 9.88. The monoisotopic (exact) mass is 260 g/mol. The number of hydrogen-bond acceptors (Lipinski definition) is 3. The SMILES string of the molecule is O=C(NCc1ccc(C(=O)O)cc1)Nc1cn[nH]c1. The molecular formula is C12H12N4O3. The van der Waals surface area contributed by atoms with Crippen LogP contribution in [0.25, 0.3) is 0 Å². The number of carboxylic acids is 1. The number of rotatable bonds is 4. The summed E-state index contributed by atoms with van der Waals surface area (Å²) >= 11 is 0. The van der Waals surface area contributed by atoms with E-state index in [0.717, 1.165) is 5.56 Å². The Morgan fingerprint density at radius 3 is 2.58 bits per heavy atom. The first-order valence-electron chi connectivity index (χ1n) is 5.51. The van der Waals surface area contributed by atoms with E-state index in [1.807, 2.05) is 0 Å². The van der Waals surface area contributed by atoms with Gasteiger partial charge in [0.05, 0.1) is 17.4 Å². The Morgan fingerprint density at radius 2 is 2.00 bits per heavy atom. The number of aromatic nitrogens is 2. The van der Waals surface area contributed by atoms with Gasteiger partial charge in [-0.25, -0.2) is 9.59 Å². The van der Waals surface area contributed by atoms with Crippen molar-refractivity contribution in [1.82, 2.24) is 15.5 Å². The highest BCUT2D eigenvalue weighted by Crippen LogP contribution is 2.05. The Balaban J connectivity index is 1.84. The van der Waals surface area contributed by atoms with Gasteiger partial charge in [-0.05, 0) is 17.7 Å². The number of aromatic carboxylic acids is 1. The standard InChI is InChI=1S/C12H12N4O3/c17-11(18)9-3-1-8(2-4-9)5-13-12(19)16-10-6-14-15-7-10/h1-4,6-7H,5H2,(H,14,15)(H,17,18)(H2,13,16,19). The van der Waals surface area contributed by atoms with Crippen LogP contribution in [0.4, 0.5) is 10.5 Å². The van der Waals surface area contributed by atoms with Crippen molar-refractivity contribution >= 4 is 17.7 Å². The summed E-state index contributed by atoms with van der Waals surface area (Å²) in [6.45, 7) is 0.309. The Kier molecular flexibility index (Phi) is 3.77. The van der Waals surface area contributed by atoms with Gasteiger partial charge in [-0.3, -0.25) is 5.10 Å². The van der Waals surface area contributed by atoms with E-state index in [1.54, 1.807) is 18.3 Å². The smallest absolute Gasteiger partial charge is 0.335 e. The molecule has 1 heterocycles. The Morgan fingerprint density at radius 1 is 1.26 bits per heavy atom. The van der Waals surface area contributed by atoms with Crippen LogP contribution in [0.1, 0.15) is 15.9 Å². The first kappa shape index (κ1) is 12.6. The lowest BCUT2D eigenvalue weighted by Crippen LogP contribution is -2.27. The van der Waals surface area contributed by atoms with Crippen molar-refractivity contribution in [3.05, 3.63) is 47.8 Å².